The summed E-state index contributed by atoms with van der Waals surface area (Å²) in [5.74, 6) is -5.27. The third kappa shape index (κ3) is 10.7. The van der Waals surface area contributed by atoms with E-state index in [9.17, 15) is 41.2 Å². The first kappa shape index (κ1) is 48.6. The SMILES string of the molecule is COC(=O)N[C@H](C(=O)N[C@H](C(=O)N1C[C@H](Oc2cc(-c3csc(NC(C)C)n3)nc3cc(OC)ccc23)CC1C(=O)N[C@@]1(C(=O)NS(=O)(=O)C2CC2)C[C@H]1C(F)F)C(C)C)C1CCCCC1. The van der Waals surface area contributed by atoms with E-state index < -0.39 is 99.4 Å². The minimum absolute atomic E-state index is 0.120. The average molecular weight is 961 g/mol. The highest BCUT2D eigenvalue weighted by molar-refractivity contribution is 7.91. The maximum absolute atomic E-state index is 14.9. The van der Waals surface area contributed by atoms with Crippen LogP contribution in [0.15, 0.2) is 29.6 Å². The number of hydrogen-bond acceptors (Lipinski definition) is 14. The lowest BCUT2D eigenvalue weighted by Gasteiger charge is -2.34. The summed E-state index contributed by atoms with van der Waals surface area (Å²) in [4.78, 5) is 80.4. The number of rotatable bonds is 18. The van der Waals surface area contributed by atoms with E-state index in [2.05, 4.69) is 21.3 Å². The first-order valence-electron chi connectivity index (χ1n) is 22.3. The normalized spacial score (nSPS) is 23.0. The first-order valence-corrected chi connectivity index (χ1v) is 24.8. The molecule has 5 N–H and O–H groups in total. The molecule has 6 atom stereocenters. The van der Waals surface area contributed by atoms with Gasteiger partial charge < -0.3 is 40.4 Å². The Labute approximate surface area is 386 Å². The number of nitrogens with zero attached hydrogens (tertiary/aromatic N) is 3. The molecule has 360 valence electrons. The maximum Gasteiger partial charge on any atom is 0.407 e. The van der Waals surface area contributed by atoms with Gasteiger partial charge in [0.15, 0.2) is 5.13 Å². The van der Waals surface area contributed by atoms with Crippen LogP contribution in [0, 0.1) is 17.8 Å². The molecule has 3 heterocycles. The first-order chi connectivity index (χ1) is 31.3. The number of nitrogens with one attached hydrogen (secondary N) is 5. The van der Waals surface area contributed by atoms with E-state index in [1.807, 2.05) is 23.9 Å². The molecule has 7 rings (SSSR count). The van der Waals surface area contributed by atoms with E-state index >= 15 is 0 Å². The third-order valence-corrected chi connectivity index (χ3v) is 15.3. The summed E-state index contributed by atoms with van der Waals surface area (Å²) in [6.45, 7) is 7.13. The van der Waals surface area contributed by atoms with Gasteiger partial charge in [0.05, 0.1) is 43.1 Å². The topological polar surface area (TPSA) is 236 Å². The van der Waals surface area contributed by atoms with Gasteiger partial charge in [-0.1, -0.05) is 33.1 Å². The second-order valence-corrected chi connectivity index (χ2v) is 21.0. The van der Waals surface area contributed by atoms with Crippen LogP contribution in [-0.2, 0) is 33.9 Å². The number of ether oxygens (including phenoxy) is 3. The molecule has 4 aliphatic rings. The van der Waals surface area contributed by atoms with E-state index in [0.29, 0.717) is 64.6 Å². The number of fused-ring (bicyclic) bond motifs is 1. The van der Waals surface area contributed by atoms with Crippen molar-refractivity contribution in [2.45, 2.75) is 133 Å². The molecule has 18 nitrogen and oxygen atoms in total. The Morgan fingerprint density at radius 3 is 2.29 bits per heavy atom. The fourth-order valence-electron chi connectivity index (χ4n) is 8.82. The highest BCUT2D eigenvalue weighted by Gasteiger charge is 2.67. The number of thiazole rings is 1. The molecule has 1 aliphatic heterocycles. The highest BCUT2D eigenvalue weighted by Crippen LogP contribution is 2.48. The molecule has 0 spiro atoms. The molecule has 5 amide bonds. The van der Waals surface area contributed by atoms with Crippen LogP contribution in [0.25, 0.3) is 22.3 Å². The van der Waals surface area contributed by atoms with Crippen molar-refractivity contribution in [2.75, 3.05) is 26.1 Å². The number of hydrogen-bond donors (Lipinski definition) is 5. The molecule has 22 heteroatoms. The number of carbonyl (C=O) groups is 5. The van der Waals surface area contributed by atoms with Gasteiger partial charge in [0, 0.05) is 35.4 Å². The third-order valence-electron chi connectivity index (χ3n) is 12.7. The van der Waals surface area contributed by atoms with Gasteiger partial charge in [0.2, 0.25) is 34.2 Å². The molecule has 1 saturated heterocycles. The lowest BCUT2D eigenvalue weighted by Crippen LogP contribution is -2.61. The lowest BCUT2D eigenvalue weighted by molar-refractivity contribution is -0.143. The van der Waals surface area contributed by atoms with E-state index in [1.54, 1.807) is 38.1 Å². The lowest BCUT2D eigenvalue weighted by atomic mass is 9.83. The van der Waals surface area contributed by atoms with Crippen LogP contribution < -0.4 is 35.5 Å². The highest BCUT2D eigenvalue weighted by atomic mass is 32.2. The number of sulfonamides is 1. The van der Waals surface area contributed by atoms with E-state index in [4.69, 9.17) is 24.2 Å². The summed E-state index contributed by atoms with van der Waals surface area (Å²) in [6, 6.07) is 3.27. The molecule has 0 radical (unpaired) electrons. The van der Waals surface area contributed by atoms with Crippen molar-refractivity contribution in [3.63, 3.8) is 0 Å². The number of amides is 5. The molecule has 3 aromatic rings. The molecule has 4 fully saturated rings. The number of halogens is 2. The second-order valence-electron chi connectivity index (χ2n) is 18.2. The number of likely N-dealkylation sites (tertiary alicyclic amines) is 1. The second kappa shape index (κ2) is 19.8. The molecule has 1 unspecified atom stereocenters. The summed E-state index contributed by atoms with van der Waals surface area (Å²) >= 11 is 1.39. The Kier molecular flexibility index (Phi) is 14.6. The van der Waals surface area contributed by atoms with Gasteiger partial charge >= 0.3 is 6.09 Å². The van der Waals surface area contributed by atoms with Crippen LogP contribution in [-0.4, -0.2) is 121 Å². The zero-order chi connectivity index (χ0) is 47.7. The summed E-state index contributed by atoms with van der Waals surface area (Å²) in [7, 11) is -1.48. The predicted octanol–water partition coefficient (Wildman–Crippen LogP) is 4.73. The number of aromatic nitrogens is 2. The van der Waals surface area contributed by atoms with Crippen molar-refractivity contribution in [1.29, 1.82) is 0 Å². The summed E-state index contributed by atoms with van der Waals surface area (Å²) in [6.07, 6.45) is -0.991. The Morgan fingerprint density at radius 2 is 1.67 bits per heavy atom. The molecular weight excluding hydrogens is 903 g/mol. The smallest absolute Gasteiger partial charge is 0.407 e. The van der Waals surface area contributed by atoms with Gasteiger partial charge in [-0.25, -0.2) is 32.0 Å². The Balaban J connectivity index is 1.22. The van der Waals surface area contributed by atoms with Gasteiger partial charge in [-0.2, -0.15) is 0 Å². The number of carbonyl (C=O) groups excluding carboxylic acids is 5. The Morgan fingerprint density at radius 1 is 0.939 bits per heavy atom. The van der Waals surface area contributed by atoms with Gasteiger partial charge in [0.25, 0.3) is 5.91 Å². The van der Waals surface area contributed by atoms with Gasteiger partial charge in [-0.3, -0.25) is 23.9 Å². The minimum Gasteiger partial charge on any atom is -0.497 e. The van der Waals surface area contributed by atoms with Crippen molar-refractivity contribution < 1.29 is 55.4 Å². The Bertz CT molecular complexity index is 2430. The van der Waals surface area contributed by atoms with Crippen LogP contribution in [0.2, 0.25) is 0 Å². The largest absolute Gasteiger partial charge is 0.497 e. The van der Waals surface area contributed by atoms with Crippen LogP contribution in [0.1, 0.15) is 85.5 Å². The molecule has 3 aliphatic carbocycles. The van der Waals surface area contributed by atoms with Crippen molar-refractivity contribution in [2.24, 2.45) is 17.8 Å². The quantitative estimate of drug-likeness (QED) is 0.116. The van der Waals surface area contributed by atoms with Gasteiger partial charge in [-0.15, -0.1) is 11.3 Å². The average Bonchev–Trinajstić information content (AvgIpc) is 4.18. The zero-order valence-electron chi connectivity index (χ0n) is 37.7. The molecule has 2 aromatic heterocycles. The molecule has 1 aromatic carbocycles. The summed E-state index contributed by atoms with van der Waals surface area (Å²) in [5.41, 5.74) is -0.779. The summed E-state index contributed by atoms with van der Waals surface area (Å²) in [5, 5.41) is 13.4. The van der Waals surface area contributed by atoms with E-state index in [1.165, 1.54) is 30.5 Å². The van der Waals surface area contributed by atoms with E-state index in [0.717, 1.165) is 19.3 Å². The van der Waals surface area contributed by atoms with Crippen LogP contribution in [0.5, 0.6) is 11.5 Å². The van der Waals surface area contributed by atoms with Crippen LogP contribution in [0.3, 0.4) is 0 Å². The van der Waals surface area contributed by atoms with Crippen LogP contribution in [0.4, 0.5) is 18.7 Å². The molecular formula is C44H58F2N8O10S2. The zero-order valence-corrected chi connectivity index (χ0v) is 39.4. The van der Waals surface area contributed by atoms with Crippen LogP contribution >= 0.6 is 11.3 Å². The van der Waals surface area contributed by atoms with Crippen molar-refractivity contribution in [3.8, 4) is 22.9 Å². The number of anilines is 1. The number of pyridine rings is 1. The number of methoxy groups -OCH3 is 2. The summed E-state index contributed by atoms with van der Waals surface area (Å²) < 4.78 is 73.2. The van der Waals surface area contributed by atoms with Crippen molar-refractivity contribution >= 4 is 67.1 Å². The van der Waals surface area contributed by atoms with E-state index in [-0.39, 0.29) is 24.9 Å². The number of alkyl carbamates (subject to hydrolysis) is 1. The molecule has 66 heavy (non-hydrogen) atoms. The Hall–Kier alpha value is -5.38. The number of alkyl halides is 2. The standard InChI is InChI=1S/C44H58F2N8O10S2/c1-22(2)35(50-39(56)36(51-43(59)63-6)24-10-8-7-9-11-24)40(57)54-20-26(17-33(54)38(55)52-44(19-29(44)37(45)46)41(58)53-66(60,61)27-13-14-27)64-34-18-31(32-21-65-42(49-32)47-23(3)4)48-30-16-25(62-5)12-15-28(30)34/h12,15-16,18,21-24,26-27,29,33,35-37H,7-11,13-14,17,19-20H2,1-6H3,(H,47,49)(H,50,56)(H,51,59)(H,52,55)(H,53,58)/t26-,29+,33?,35+,36+,44+/m1/s1. The van der Waals surface area contributed by atoms with Crippen molar-refractivity contribution in [1.82, 2.24) is 35.5 Å². The minimum atomic E-state index is -4.18. The predicted molar refractivity (Wildman–Crippen MR) is 240 cm³/mol. The van der Waals surface area contributed by atoms with Crippen molar-refractivity contribution in [3.05, 3.63) is 29.6 Å². The fourth-order valence-corrected chi connectivity index (χ4v) is 11.0. The van der Waals surface area contributed by atoms with Gasteiger partial charge in [-0.05, 0) is 69.9 Å². The number of benzene rings is 1. The molecule has 3 saturated carbocycles. The monoisotopic (exact) mass is 960 g/mol. The van der Waals surface area contributed by atoms with Gasteiger partial charge in [0.1, 0.15) is 47.0 Å². The molecule has 0 bridgehead atoms. The maximum atomic E-state index is 14.9. The fraction of sp³-hybridized carbons (Fsp3) is 0.614.